The third-order valence-electron chi connectivity index (χ3n) is 2.88. The first-order valence-electron chi connectivity index (χ1n) is 6.66. The van der Waals surface area contributed by atoms with E-state index in [1.807, 2.05) is 48.2 Å². The zero-order chi connectivity index (χ0) is 13.5. The Morgan fingerprint density at radius 1 is 1.11 bits per heavy atom. The molecule has 0 fully saturated rings. The maximum absolute atomic E-state index is 12.4. The van der Waals surface area contributed by atoms with Crippen LogP contribution in [0.2, 0.25) is 0 Å². The van der Waals surface area contributed by atoms with Crippen molar-refractivity contribution < 1.29 is 4.79 Å². The Kier molecular flexibility index (Phi) is 5.69. The Morgan fingerprint density at radius 3 is 2.22 bits per heavy atom. The van der Waals surface area contributed by atoms with E-state index in [0.717, 1.165) is 37.2 Å². The Labute approximate surface area is 110 Å². The number of nitrogens with zero attached hydrogens (tertiary/aromatic N) is 2. The van der Waals surface area contributed by atoms with Crippen LogP contribution in [0, 0.1) is 0 Å². The van der Waals surface area contributed by atoms with Gasteiger partial charge in [0.15, 0.2) is 0 Å². The number of carbonyl (C=O) groups excluding carboxylic acids is 1. The summed E-state index contributed by atoms with van der Waals surface area (Å²) in [6.07, 6.45) is 2.00. The molecule has 100 valence electrons. The summed E-state index contributed by atoms with van der Waals surface area (Å²) in [5.41, 5.74) is 1.84. The van der Waals surface area contributed by atoms with Crippen LogP contribution in [0.5, 0.6) is 0 Å². The average molecular weight is 248 g/mol. The van der Waals surface area contributed by atoms with E-state index in [2.05, 4.69) is 13.8 Å². The molecule has 0 spiro atoms. The van der Waals surface area contributed by atoms with E-state index in [9.17, 15) is 4.79 Å². The number of hydrogen-bond acceptors (Lipinski definition) is 2. The molecule has 0 aliphatic carbocycles. The van der Waals surface area contributed by atoms with Gasteiger partial charge in [0.2, 0.25) is 0 Å². The van der Waals surface area contributed by atoms with Crippen LogP contribution in [0.3, 0.4) is 0 Å². The van der Waals surface area contributed by atoms with Crippen LogP contribution in [0.4, 0.5) is 5.69 Å². The molecule has 3 heteroatoms. The highest BCUT2D eigenvalue weighted by Gasteiger charge is 2.14. The molecule has 1 amide bonds. The molecule has 0 atom stereocenters. The molecule has 0 saturated carbocycles. The summed E-state index contributed by atoms with van der Waals surface area (Å²) in [5, 5.41) is 0. The van der Waals surface area contributed by atoms with E-state index >= 15 is 0 Å². The lowest BCUT2D eigenvalue weighted by atomic mass is 10.1. The van der Waals surface area contributed by atoms with Crippen molar-refractivity contribution in [1.82, 2.24) is 4.90 Å². The van der Waals surface area contributed by atoms with Gasteiger partial charge in [0.25, 0.3) is 5.91 Å². The highest BCUT2D eigenvalue weighted by atomic mass is 16.2. The average Bonchev–Trinajstić information content (AvgIpc) is 2.38. The number of carbonyl (C=O) groups is 1. The van der Waals surface area contributed by atoms with Crippen LogP contribution in [-0.4, -0.2) is 38.0 Å². The molecule has 0 radical (unpaired) electrons. The summed E-state index contributed by atoms with van der Waals surface area (Å²) >= 11 is 0. The lowest BCUT2D eigenvalue weighted by Gasteiger charge is -2.22. The summed E-state index contributed by atoms with van der Waals surface area (Å²) in [7, 11) is 3.97. The van der Waals surface area contributed by atoms with Crippen molar-refractivity contribution >= 4 is 11.6 Å². The first kappa shape index (κ1) is 14.6. The molecule has 18 heavy (non-hydrogen) atoms. The molecule has 1 aromatic rings. The van der Waals surface area contributed by atoms with Gasteiger partial charge in [-0.05, 0) is 31.0 Å². The summed E-state index contributed by atoms with van der Waals surface area (Å²) in [4.78, 5) is 16.4. The first-order valence-corrected chi connectivity index (χ1v) is 6.66. The highest BCUT2D eigenvalue weighted by molar-refractivity contribution is 5.95. The second-order valence-electron chi connectivity index (χ2n) is 4.74. The van der Waals surface area contributed by atoms with Crippen LogP contribution >= 0.6 is 0 Å². The van der Waals surface area contributed by atoms with Gasteiger partial charge in [0, 0.05) is 38.4 Å². The van der Waals surface area contributed by atoms with E-state index < -0.39 is 0 Å². The molecule has 0 aliphatic rings. The van der Waals surface area contributed by atoms with Gasteiger partial charge in [-0.2, -0.15) is 0 Å². The largest absolute Gasteiger partial charge is 0.378 e. The van der Waals surface area contributed by atoms with Gasteiger partial charge in [-0.3, -0.25) is 4.79 Å². The van der Waals surface area contributed by atoms with Gasteiger partial charge < -0.3 is 9.80 Å². The third kappa shape index (κ3) is 3.76. The van der Waals surface area contributed by atoms with Gasteiger partial charge in [-0.25, -0.2) is 0 Å². The van der Waals surface area contributed by atoms with Crippen molar-refractivity contribution in [2.45, 2.75) is 26.7 Å². The molecule has 0 aliphatic heterocycles. The molecule has 0 saturated heterocycles. The van der Waals surface area contributed by atoms with Gasteiger partial charge in [-0.15, -0.1) is 0 Å². The van der Waals surface area contributed by atoms with E-state index in [4.69, 9.17) is 0 Å². The Balaban J connectivity index is 2.90. The van der Waals surface area contributed by atoms with Crippen molar-refractivity contribution in [3.05, 3.63) is 29.8 Å². The minimum absolute atomic E-state index is 0.141. The van der Waals surface area contributed by atoms with E-state index in [0.29, 0.717) is 0 Å². The fourth-order valence-electron chi connectivity index (χ4n) is 1.95. The standard InChI is InChI=1S/C15H24N2O/c1-5-10-17(11-6-2)15(18)13-8-7-9-14(12-13)16(3)4/h7-9,12H,5-6,10-11H2,1-4H3. The van der Waals surface area contributed by atoms with Gasteiger partial charge in [0.05, 0.1) is 0 Å². The molecular weight excluding hydrogens is 224 g/mol. The summed E-state index contributed by atoms with van der Waals surface area (Å²) in [6, 6.07) is 7.81. The minimum Gasteiger partial charge on any atom is -0.378 e. The van der Waals surface area contributed by atoms with Crippen LogP contribution in [0.15, 0.2) is 24.3 Å². The van der Waals surface area contributed by atoms with Crippen molar-refractivity contribution in [1.29, 1.82) is 0 Å². The molecule has 3 nitrogen and oxygen atoms in total. The van der Waals surface area contributed by atoms with Crippen LogP contribution < -0.4 is 4.90 Å². The monoisotopic (exact) mass is 248 g/mol. The summed E-state index contributed by atoms with van der Waals surface area (Å²) in [6.45, 7) is 5.87. The molecule has 0 N–H and O–H groups in total. The van der Waals surface area contributed by atoms with Crippen molar-refractivity contribution in [2.24, 2.45) is 0 Å². The fourth-order valence-corrected chi connectivity index (χ4v) is 1.95. The number of rotatable bonds is 6. The zero-order valence-corrected chi connectivity index (χ0v) is 11.9. The second kappa shape index (κ2) is 7.04. The number of amides is 1. The Hall–Kier alpha value is -1.51. The number of hydrogen-bond donors (Lipinski definition) is 0. The quantitative estimate of drug-likeness (QED) is 0.772. The Bertz CT molecular complexity index is 382. The van der Waals surface area contributed by atoms with Gasteiger partial charge >= 0.3 is 0 Å². The SMILES string of the molecule is CCCN(CCC)C(=O)c1cccc(N(C)C)c1. The van der Waals surface area contributed by atoms with Gasteiger partial charge in [0.1, 0.15) is 0 Å². The second-order valence-corrected chi connectivity index (χ2v) is 4.74. The first-order chi connectivity index (χ1) is 8.60. The maximum Gasteiger partial charge on any atom is 0.253 e. The number of anilines is 1. The van der Waals surface area contributed by atoms with Crippen LogP contribution in [0.1, 0.15) is 37.0 Å². The van der Waals surface area contributed by atoms with E-state index in [1.54, 1.807) is 0 Å². The van der Waals surface area contributed by atoms with Crippen molar-refractivity contribution in [3.8, 4) is 0 Å². The van der Waals surface area contributed by atoms with E-state index in [1.165, 1.54) is 0 Å². The lowest BCUT2D eigenvalue weighted by Crippen LogP contribution is -2.32. The van der Waals surface area contributed by atoms with E-state index in [-0.39, 0.29) is 5.91 Å². The van der Waals surface area contributed by atoms with Crippen LogP contribution in [0.25, 0.3) is 0 Å². The van der Waals surface area contributed by atoms with Crippen molar-refractivity contribution in [3.63, 3.8) is 0 Å². The third-order valence-corrected chi connectivity index (χ3v) is 2.88. The normalized spacial score (nSPS) is 10.2. The molecule has 0 heterocycles. The van der Waals surface area contributed by atoms with Gasteiger partial charge in [-0.1, -0.05) is 19.9 Å². The Morgan fingerprint density at radius 2 is 1.72 bits per heavy atom. The molecule has 1 rings (SSSR count). The zero-order valence-electron chi connectivity index (χ0n) is 11.9. The summed E-state index contributed by atoms with van der Waals surface area (Å²) in [5.74, 6) is 0.141. The molecule has 0 aromatic heterocycles. The van der Waals surface area contributed by atoms with Crippen molar-refractivity contribution in [2.75, 3.05) is 32.1 Å². The number of benzene rings is 1. The maximum atomic E-state index is 12.4. The molecule has 1 aromatic carbocycles. The smallest absolute Gasteiger partial charge is 0.253 e. The van der Waals surface area contributed by atoms with Crippen LogP contribution in [-0.2, 0) is 0 Å². The minimum atomic E-state index is 0.141. The summed E-state index contributed by atoms with van der Waals surface area (Å²) < 4.78 is 0. The molecule has 0 bridgehead atoms. The fraction of sp³-hybridized carbons (Fsp3) is 0.533. The molecular formula is C15H24N2O. The molecule has 0 unspecified atom stereocenters. The predicted octanol–water partition coefficient (Wildman–Crippen LogP) is 3.01. The topological polar surface area (TPSA) is 23.6 Å². The predicted molar refractivity (Wildman–Crippen MR) is 77.3 cm³/mol. The highest BCUT2D eigenvalue weighted by Crippen LogP contribution is 2.15. The lowest BCUT2D eigenvalue weighted by molar-refractivity contribution is 0.0755.